The van der Waals surface area contributed by atoms with Crippen molar-refractivity contribution in [3.8, 4) is 5.75 Å². The Morgan fingerprint density at radius 2 is 1.65 bits per heavy atom. The summed E-state index contributed by atoms with van der Waals surface area (Å²) in [6.45, 7) is 0.923. The first-order valence-corrected chi connectivity index (χ1v) is 8.28. The summed E-state index contributed by atoms with van der Waals surface area (Å²) < 4.78 is 15.2. The Hall–Kier alpha value is -2.86. The lowest BCUT2D eigenvalue weighted by Crippen LogP contribution is -2.43. The van der Waals surface area contributed by atoms with E-state index in [1.165, 1.54) is 7.11 Å². The third-order valence-corrected chi connectivity index (χ3v) is 3.75. The molecule has 0 aliphatic heterocycles. The van der Waals surface area contributed by atoms with Crippen LogP contribution in [-0.4, -0.2) is 45.4 Å². The summed E-state index contributed by atoms with van der Waals surface area (Å²) in [6, 6.07) is 15.4. The minimum atomic E-state index is -0.757. The molecule has 0 aliphatic rings. The first kappa shape index (κ1) is 19.5. The van der Waals surface area contributed by atoms with Crippen LogP contribution < -0.4 is 10.1 Å². The zero-order chi connectivity index (χ0) is 18.8. The Labute approximate surface area is 153 Å². The SMILES string of the molecule is COCCOc1ccc(C(=O)NC(Cc2ccccc2)C(=O)OC)cc1. The van der Waals surface area contributed by atoms with E-state index >= 15 is 0 Å². The molecule has 0 bridgehead atoms. The number of amides is 1. The van der Waals surface area contributed by atoms with Crippen LogP contribution in [0, 0.1) is 0 Å². The van der Waals surface area contributed by atoms with Crippen LogP contribution in [0.25, 0.3) is 0 Å². The van der Waals surface area contributed by atoms with Crippen molar-refractivity contribution in [1.29, 1.82) is 0 Å². The summed E-state index contributed by atoms with van der Waals surface area (Å²) in [5.74, 6) is -0.186. The summed E-state index contributed by atoms with van der Waals surface area (Å²) in [5.41, 5.74) is 1.37. The molecule has 1 N–H and O–H groups in total. The van der Waals surface area contributed by atoms with Gasteiger partial charge in [0.1, 0.15) is 18.4 Å². The summed E-state index contributed by atoms with van der Waals surface area (Å²) in [4.78, 5) is 24.5. The van der Waals surface area contributed by atoms with Gasteiger partial charge < -0.3 is 19.5 Å². The molecule has 138 valence electrons. The van der Waals surface area contributed by atoms with Crippen LogP contribution in [0.15, 0.2) is 54.6 Å². The van der Waals surface area contributed by atoms with Crippen LogP contribution in [0.4, 0.5) is 0 Å². The van der Waals surface area contributed by atoms with Gasteiger partial charge >= 0.3 is 5.97 Å². The van der Waals surface area contributed by atoms with E-state index < -0.39 is 12.0 Å². The van der Waals surface area contributed by atoms with Crippen molar-refractivity contribution in [3.63, 3.8) is 0 Å². The zero-order valence-corrected chi connectivity index (χ0v) is 14.9. The third-order valence-electron chi connectivity index (χ3n) is 3.75. The molecule has 0 aromatic heterocycles. The minimum Gasteiger partial charge on any atom is -0.491 e. The maximum atomic E-state index is 12.5. The highest BCUT2D eigenvalue weighted by Crippen LogP contribution is 2.13. The van der Waals surface area contributed by atoms with Gasteiger partial charge in [-0.3, -0.25) is 4.79 Å². The van der Waals surface area contributed by atoms with Crippen LogP contribution in [-0.2, 0) is 20.7 Å². The van der Waals surface area contributed by atoms with Crippen molar-refractivity contribution in [2.75, 3.05) is 27.4 Å². The van der Waals surface area contributed by atoms with Gasteiger partial charge in [-0.25, -0.2) is 4.79 Å². The molecule has 0 saturated carbocycles. The Morgan fingerprint density at radius 3 is 2.27 bits per heavy atom. The highest BCUT2D eigenvalue weighted by molar-refractivity contribution is 5.96. The molecule has 0 fully saturated rings. The highest BCUT2D eigenvalue weighted by atomic mass is 16.5. The number of hydrogen-bond donors (Lipinski definition) is 1. The number of hydrogen-bond acceptors (Lipinski definition) is 5. The Bertz CT molecular complexity index is 700. The largest absolute Gasteiger partial charge is 0.491 e. The Morgan fingerprint density at radius 1 is 0.962 bits per heavy atom. The van der Waals surface area contributed by atoms with E-state index in [2.05, 4.69) is 5.32 Å². The molecule has 0 heterocycles. The number of carbonyl (C=O) groups is 2. The second kappa shape index (κ2) is 10.2. The number of nitrogens with one attached hydrogen (secondary N) is 1. The van der Waals surface area contributed by atoms with E-state index in [1.54, 1.807) is 31.4 Å². The second-order valence-corrected chi connectivity index (χ2v) is 5.60. The molecule has 6 heteroatoms. The first-order valence-electron chi connectivity index (χ1n) is 8.28. The van der Waals surface area contributed by atoms with Crippen LogP contribution in [0.1, 0.15) is 15.9 Å². The minimum absolute atomic E-state index is 0.347. The van der Waals surface area contributed by atoms with E-state index in [0.717, 1.165) is 5.56 Å². The van der Waals surface area contributed by atoms with Gasteiger partial charge in [0, 0.05) is 19.1 Å². The van der Waals surface area contributed by atoms with Crippen molar-refractivity contribution in [3.05, 3.63) is 65.7 Å². The van der Waals surface area contributed by atoms with Gasteiger partial charge in [-0.1, -0.05) is 30.3 Å². The predicted octanol–water partition coefficient (Wildman–Crippen LogP) is 2.23. The normalized spacial score (nSPS) is 11.5. The fourth-order valence-electron chi connectivity index (χ4n) is 2.37. The summed E-state index contributed by atoms with van der Waals surface area (Å²) in [7, 11) is 2.91. The van der Waals surface area contributed by atoms with Gasteiger partial charge in [-0.15, -0.1) is 0 Å². The highest BCUT2D eigenvalue weighted by Gasteiger charge is 2.22. The van der Waals surface area contributed by atoms with Gasteiger partial charge in [0.2, 0.25) is 0 Å². The summed E-state index contributed by atoms with van der Waals surface area (Å²) >= 11 is 0. The lowest BCUT2D eigenvalue weighted by molar-refractivity contribution is -0.142. The average Bonchev–Trinajstić information content (AvgIpc) is 2.68. The van der Waals surface area contributed by atoms with E-state index in [9.17, 15) is 9.59 Å². The number of rotatable bonds is 9. The zero-order valence-electron chi connectivity index (χ0n) is 14.9. The van der Waals surface area contributed by atoms with Gasteiger partial charge in [-0.2, -0.15) is 0 Å². The van der Waals surface area contributed by atoms with Gasteiger partial charge in [0.25, 0.3) is 5.91 Å². The third kappa shape index (κ3) is 5.89. The topological polar surface area (TPSA) is 73.9 Å². The van der Waals surface area contributed by atoms with Crippen molar-refractivity contribution in [2.45, 2.75) is 12.5 Å². The van der Waals surface area contributed by atoms with E-state index in [4.69, 9.17) is 14.2 Å². The van der Waals surface area contributed by atoms with Crippen molar-refractivity contribution >= 4 is 11.9 Å². The maximum absolute atomic E-state index is 12.5. The predicted molar refractivity (Wildman–Crippen MR) is 97.2 cm³/mol. The molecule has 2 aromatic rings. The average molecular weight is 357 g/mol. The summed E-state index contributed by atoms with van der Waals surface area (Å²) in [6.07, 6.45) is 0.359. The lowest BCUT2D eigenvalue weighted by Gasteiger charge is -2.17. The van der Waals surface area contributed by atoms with Gasteiger partial charge in [0.15, 0.2) is 0 Å². The van der Waals surface area contributed by atoms with Crippen LogP contribution in [0.5, 0.6) is 5.75 Å². The second-order valence-electron chi connectivity index (χ2n) is 5.60. The first-order chi connectivity index (χ1) is 12.6. The van der Waals surface area contributed by atoms with Crippen LogP contribution in [0.3, 0.4) is 0 Å². The van der Waals surface area contributed by atoms with Crippen molar-refractivity contribution in [1.82, 2.24) is 5.32 Å². The molecule has 1 atom stereocenters. The molecular weight excluding hydrogens is 334 g/mol. The molecule has 0 aliphatic carbocycles. The maximum Gasteiger partial charge on any atom is 0.328 e. The van der Waals surface area contributed by atoms with Gasteiger partial charge in [-0.05, 0) is 29.8 Å². The molecule has 26 heavy (non-hydrogen) atoms. The Balaban J connectivity index is 2.00. The van der Waals surface area contributed by atoms with Crippen molar-refractivity contribution in [2.24, 2.45) is 0 Å². The van der Waals surface area contributed by atoms with Gasteiger partial charge in [0.05, 0.1) is 13.7 Å². The number of esters is 1. The fraction of sp³-hybridized carbons (Fsp3) is 0.300. The van der Waals surface area contributed by atoms with E-state index in [-0.39, 0.29) is 5.91 Å². The van der Waals surface area contributed by atoms with E-state index in [0.29, 0.717) is 30.9 Å². The molecule has 2 rings (SSSR count). The molecule has 1 amide bonds. The van der Waals surface area contributed by atoms with Crippen LogP contribution >= 0.6 is 0 Å². The molecule has 0 saturated heterocycles. The monoisotopic (exact) mass is 357 g/mol. The molecule has 6 nitrogen and oxygen atoms in total. The quantitative estimate of drug-likeness (QED) is 0.550. The number of benzene rings is 2. The number of methoxy groups -OCH3 is 2. The number of ether oxygens (including phenoxy) is 3. The molecule has 1 unspecified atom stereocenters. The summed E-state index contributed by atoms with van der Waals surface area (Å²) in [5, 5.41) is 2.73. The lowest BCUT2D eigenvalue weighted by atomic mass is 10.1. The fourth-order valence-corrected chi connectivity index (χ4v) is 2.37. The molecular formula is C20H23NO5. The molecule has 0 spiro atoms. The molecule has 0 radical (unpaired) electrons. The Kier molecular flexibility index (Phi) is 7.64. The van der Waals surface area contributed by atoms with Crippen molar-refractivity contribution < 1.29 is 23.8 Å². The van der Waals surface area contributed by atoms with E-state index in [1.807, 2.05) is 30.3 Å². The molecule has 2 aromatic carbocycles. The standard InChI is InChI=1S/C20H23NO5/c1-24-12-13-26-17-10-8-16(9-11-17)19(22)21-18(20(23)25-2)14-15-6-4-3-5-7-15/h3-11,18H,12-14H2,1-2H3,(H,21,22). The number of carbonyl (C=O) groups excluding carboxylic acids is 2. The van der Waals surface area contributed by atoms with Crippen LogP contribution in [0.2, 0.25) is 0 Å². The smallest absolute Gasteiger partial charge is 0.328 e.